The molecule has 0 unspecified atom stereocenters. The first kappa shape index (κ1) is 10.4. The number of carbonyl (C=O) groups excluding carboxylic acids is 1. The lowest BCUT2D eigenvalue weighted by atomic mass is 10.1. The van der Waals surface area contributed by atoms with E-state index in [4.69, 9.17) is 0 Å². The first-order valence-corrected chi connectivity index (χ1v) is 4.12. The van der Waals surface area contributed by atoms with Crippen LogP contribution in [0.1, 0.15) is 45.4 Å². The van der Waals surface area contributed by atoms with E-state index in [0.29, 0.717) is 0 Å². The lowest BCUT2D eigenvalue weighted by Gasteiger charge is -1.96. The number of rotatable bonds is 6. The second-order valence-corrected chi connectivity index (χ2v) is 2.61. The molecule has 0 heterocycles. The van der Waals surface area contributed by atoms with Gasteiger partial charge in [0.1, 0.15) is 0 Å². The fraction of sp³-hybridized carbons (Fsp3) is 0.875. The van der Waals surface area contributed by atoms with Gasteiger partial charge in [0.15, 0.2) is 0 Å². The van der Waals surface area contributed by atoms with Crippen LogP contribution in [0, 0.1) is 0 Å². The Kier molecular flexibility index (Phi) is 7.10. The van der Waals surface area contributed by atoms with E-state index in [1.54, 1.807) is 0 Å². The molecule has 0 saturated carbocycles. The van der Waals surface area contributed by atoms with Crippen LogP contribution in [0.5, 0.6) is 0 Å². The Labute approximate surface area is 66.6 Å². The Morgan fingerprint density at radius 2 is 1.91 bits per heavy atom. The minimum Gasteiger partial charge on any atom is -0.255 e. The van der Waals surface area contributed by atoms with Crippen LogP contribution >= 0.6 is 0 Å². The monoisotopic (exact) mass is 162 g/mol. The molecule has 2 nitrogen and oxygen atoms in total. The van der Waals surface area contributed by atoms with Crippen molar-refractivity contribution >= 4 is 5.97 Å². The van der Waals surface area contributed by atoms with Crippen LogP contribution < -0.4 is 0 Å². The van der Waals surface area contributed by atoms with E-state index in [2.05, 4.69) is 11.9 Å². The van der Waals surface area contributed by atoms with Crippen LogP contribution in [0.15, 0.2) is 0 Å². The second kappa shape index (κ2) is 7.51. The van der Waals surface area contributed by atoms with Crippen molar-refractivity contribution in [3.63, 3.8) is 0 Å². The number of hydrogen-bond acceptors (Lipinski definition) is 2. The highest BCUT2D eigenvalue weighted by Crippen LogP contribution is 2.05. The Morgan fingerprint density at radius 1 is 1.27 bits per heavy atom. The van der Waals surface area contributed by atoms with Gasteiger partial charge in [0, 0.05) is 10.9 Å². The normalized spacial score (nSPS) is 9.64. The summed E-state index contributed by atoms with van der Waals surface area (Å²) in [6.45, 7) is 2.12. The molecule has 0 saturated heterocycles. The number of unbranched alkanes of at least 4 members (excludes halogenated alkanes) is 4. The first-order chi connectivity index (χ1) is 5.31. The van der Waals surface area contributed by atoms with Crippen molar-refractivity contribution in [1.82, 2.24) is 0 Å². The van der Waals surface area contributed by atoms with Gasteiger partial charge in [0.05, 0.1) is 0 Å². The molecule has 0 bridgehead atoms. The molecule has 0 N–H and O–H groups in total. The maximum absolute atomic E-state index is 11.1. The molecule has 0 rings (SSSR count). The van der Waals surface area contributed by atoms with Crippen molar-refractivity contribution in [2.45, 2.75) is 45.4 Å². The van der Waals surface area contributed by atoms with E-state index in [0.717, 1.165) is 19.3 Å². The van der Waals surface area contributed by atoms with Crippen molar-refractivity contribution in [3.8, 4) is 0 Å². The Morgan fingerprint density at radius 3 is 2.45 bits per heavy atom. The predicted molar refractivity (Wildman–Crippen MR) is 40.6 cm³/mol. The van der Waals surface area contributed by atoms with Crippen LogP contribution in [-0.2, 0) is 9.74 Å². The third kappa shape index (κ3) is 7.30. The minimum absolute atomic E-state index is 0.209. The van der Waals surface area contributed by atoms with Crippen molar-refractivity contribution < 1.29 is 14.3 Å². The fourth-order valence-electron chi connectivity index (χ4n) is 0.911. The molecule has 0 aliphatic rings. The summed E-state index contributed by atoms with van der Waals surface area (Å²) in [4.78, 5) is 13.3. The SMILES string of the molecule is CCCCCCCC(=O)OF. The average molecular weight is 162 g/mol. The quantitative estimate of drug-likeness (QED) is 0.561. The lowest BCUT2D eigenvalue weighted by Crippen LogP contribution is -1.96. The van der Waals surface area contributed by atoms with Crippen molar-refractivity contribution in [2.24, 2.45) is 0 Å². The van der Waals surface area contributed by atoms with E-state index in [1.165, 1.54) is 12.8 Å². The molecule has 0 atom stereocenters. The molecule has 66 valence electrons. The summed E-state index contributed by atoms with van der Waals surface area (Å²) in [7, 11) is 0. The van der Waals surface area contributed by atoms with E-state index in [9.17, 15) is 9.32 Å². The number of hydrogen-bond donors (Lipinski definition) is 0. The van der Waals surface area contributed by atoms with Crippen molar-refractivity contribution in [1.29, 1.82) is 0 Å². The second-order valence-electron chi connectivity index (χ2n) is 2.61. The lowest BCUT2D eigenvalue weighted by molar-refractivity contribution is -0.183. The van der Waals surface area contributed by atoms with Gasteiger partial charge in [0.25, 0.3) is 0 Å². The van der Waals surface area contributed by atoms with E-state index in [-0.39, 0.29) is 6.42 Å². The molecule has 0 aliphatic heterocycles. The predicted octanol–water partition coefficient (Wildman–Crippen LogP) is 2.77. The molecular formula is C8H15FO2. The highest BCUT2D eigenvalue weighted by molar-refractivity contribution is 5.68. The number of halogens is 1. The molecule has 0 aromatic carbocycles. The van der Waals surface area contributed by atoms with Crippen LogP contribution in [0.3, 0.4) is 0 Å². The molecule has 0 aromatic rings. The Balaban J connectivity index is 2.95. The third-order valence-corrected chi connectivity index (χ3v) is 1.57. The van der Waals surface area contributed by atoms with E-state index >= 15 is 0 Å². The molecule has 0 spiro atoms. The summed E-state index contributed by atoms with van der Waals surface area (Å²) in [6, 6.07) is 0. The highest BCUT2D eigenvalue weighted by atomic mass is 19.3. The smallest absolute Gasteiger partial charge is 0.255 e. The summed E-state index contributed by atoms with van der Waals surface area (Å²) in [5.74, 6) is -0.749. The first-order valence-electron chi connectivity index (χ1n) is 4.12. The maximum Gasteiger partial charge on any atom is 0.348 e. The summed E-state index contributed by atoms with van der Waals surface area (Å²) >= 11 is 0. The summed E-state index contributed by atoms with van der Waals surface area (Å²) < 4.78 is 11.1. The largest absolute Gasteiger partial charge is 0.348 e. The highest BCUT2D eigenvalue weighted by Gasteiger charge is 2.00. The summed E-state index contributed by atoms with van der Waals surface area (Å²) in [5.41, 5.74) is 0. The summed E-state index contributed by atoms with van der Waals surface area (Å²) in [6.07, 6.45) is 5.42. The Hall–Kier alpha value is -0.600. The van der Waals surface area contributed by atoms with Crippen molar-refractivity contribution in [2.75, 3.05) is 0 Å². The van der Waals surface area contributed by atoms with E-state index < -0.39 is 5.97 Å². The molecule has 0 aliphatic carbocycles. The van der Waals surface area contributed by atoms with Gasteiger partial charge in [-0.05, 0) is 6.42 Å². The van der Waals surface area contributed by atoms with Gasteiger partial charge in [-0.3, -0.25) is 4.94 Å². The van der Waals surface area contributed by atoms with Gasteiger partial charge in [-0.2, -0.15) is 0 Å². The Bertz CT molecular complexity index is 104. The van der Waals surface area contributed by atoms with Gasteiger partial charge < -0.3 is 0 Å². The number of carbonyl (C=O) groups is 1. The zero-order valence-electron chi connectivity index (χ0n) is 6.94. The standard InChI is InChI=1S/C8H15FO2/c1-2-3-4-5-6-7-8(10)11-9/h2-7H2,1H3. The van der Waals surface area contributed by atoms with E-state index in [1.807, 2.05) is 0 Å². The molecule has 3 heteroatoms. The molecular weight excluding hydrogens is 147 g/mol. The van der Waals surface area contributed by atoms with Crippen LogP contribution in [-0.4, -0.2) is 5.97 Å². The maximum atomic E-state index is 11.1. The zero-order valence-corrected chi connectivity index (χ0v) is 6.94. The van der Waals surface area contributed by atoms with Gasteiger partial charge in [-0.1, -0.05) is 32.6 Å². The molecule has 0 radical (unpaired) electrons. The summed E-state index contributed by atoms with van der Waals surface area (Å²) in [5, 5.41) is 0. The van der Waals surface area contributed by atoms with Gasteiger partial charge >= 0.3 is 5.97 Å². The fourth-order valence-corrected chi connectivity index (χ4v) is 0.911. The van der Waals surface area contributed by atoms with Gasteiger partial charge in [0.2, 0.25) is 0 Å². The van der Waals surface area contributed by atoms with Crippen LogP contribution in [0.4, 0.5) is 4.53 Å². The molecule has 0 fully saturated rings. The molecule has 11 heavy (non-hydrogen) atoms. The van der Waals surface area contributed by atoms with Crippen LogP contribution in [0.2, 0.25) is 0 Å². The van der Waals surface area contributed by atoms with Gasteiger partial charge in [-0.15, -0.1) is 0 Å². The molecule has 0 aromatic heterocycles. The van der Waals surface area contributed by atoms with Crippen LogP contribution in [0.25, 0.3) is 0 Å². The third-order valence-electron chi connectivity index (χ3n) is 1.57. The minimum atomic E-state index is -0.749. The topological polar surface area (TPSA) is 26.3 Å². The zero-order chi connectivity index (χ0) is 8.53. The van der Waals surface area contributed by atoms with Gasteiger partial charge in [-0.25, -0.2) is 4.79 Å². The van der Waals surface area contributed by atoms with Crippen molar-refractivity contribution in [3.05, 3.63) is 0 Å². The average Bonchev–Trinajstić information content (AvgIpc) is 2.04. The molecule has 0 amide bonds.